The highest BCUT2D eigenvalue weighted by Gasteiger charge is 2.30. The van der Waals surface area contributed by atoms with Gasteiger partial charge in [-0.1, -0.05) is 83.0 Å². The SMILES string of the molecule is O=C(NN(Cc1ccccc1)C[C@H](O)[C@@H](OCc1ccc(Br)cc1)C(=O)NCCN1CCCCC1)c1ccccc1. The summed E-state index contributed by atoms with van der Waals surface area (Å²) in [5.74, 6) is -0.673. The predicted octanol–water partition coefficient (Wildman–Crippen LogP) is 4.14. The van der Waals surface area contributed by atoms with Crippen LogP contribution in [0.15, 0.2) is 89.4 Å². The average Bonchev–Trinajstić information content (AvgIpc) is 2.99. The lowest BCUT2D eigenvalue weighted by molar-refractivity contribution is -0.143. The van der Waals surface area contributed by atoms with E-state index in [0.29, 0.717) is 18.7 Å². The zero-order valence-corrected chi connectivity index (χ0v) is 24.8. The van der Waals surface area contributed by atoms with Crippen LogP contribution < -0.4 is 10.7 Å². The maximum Gasteiger partial charge on any atom is 0.265 e. The van der Waals surface area contributed by atoms with Crippen molar-refractivity contribution in [3.63, 3.8) is 0 Å². The van der Waals surface area contributed by atoms with Crippen LogP contribution in [0.4, 0.5) is 0 Å². The van der Waals surface area contributed by atoms with Gasteiger partial charge in [0.05, 0.1) is 6.61 Å². The van der Waals surface area contributed by atoms with Gasteiger partial charge in [-0.25, -0.2) is 5.01 Å². The summed E-state index contributed by atoms with van der Waals surface area (Å²) in [4.78, 5) is 28.7. The van der Waals surface area contributed by atoms with Gasteiger partial charge < -0.3 is 20.1 Å². The van der Waals surface area contributed by atoms with E-state index in [1.165, 1.54) is 19.3 Å². The Kier molecular flexibility index (Phi) is 12.3. The molecular weight excluding hydrogens is 584 g/mol. The number of hydrogen-bond donors (Lipinski definition) is 3. The average molecular weight is 624 g/mol. The van der Waals surface area contributed by atoms with Crippen molar-refractivity contribution in [1.29, 1.82) is 0 Å². The topological polar surface area (TPSA) is 94.1 Å². The Morgan fingerprint density at radius 1 is 0.902 bits per heavy atom. The second-order valence-electron chi connectivity index (χ2n) is 10.3. The monoisotopic (exact) mass is 622 g/mol. The number of benzene rings is 3. The van der Waals surface area contributed by atoms with Gasteiger partial charge in [-0.15, -0.1) is 0 Å². The summed E-state index contributed by atoms with van der Waals surface area (Å²) in [7, 11) is 0. The highest BCUT2D eigenvalue weighted by atomic mass is 79.9. The lowest BCUT2D eigenvalue weighted by Gasteiger charge is -2.30. The molecule has 8 nitrogen and oxygen atoms in total. The van der Waals surface area contributed by atoms with Gasteiger partial charge in [0.25, 0.3) is 11.8 Å². The fraction of sp³-hybridized carbons (Fsp3) is 0.375. The highest BCUT2D eigenvalue weighted by molar-refractivity contribution is 9.10. The van der Waals surface area contributed by atoms with Crippen LogP contribution in [-0.2, 0) is 22.7 Å². The van der Waals surface area contributed by atoms with Crippen LogP contribution in [0.5, 0.6) is 0 Å². The number of aliphatic hydroxyl groups is 1. The smallest absolute Gasteiger partial charge is 0.265 e. The molecule has 1 heterocycles. The van der Waals surface area contributed by atoms with Crippen LogP contribution in [-0.4, -0.2) is 71.8 Å². The third-order valence-electron chi connectivity index (χ3n) is 7.05. The number of nitrogens with one attached hydrogen (secondary N) is 2. The molecular formula is C32H39BrN4O4. The van der Waals surface area contributed by atoms with E-state index in [0.717, 1.165) is 35.2 Å². The summed E-state index contributed by atoms with van der Waals surface area (Å²) in [6.45, 7) is 3.79. The number of nitrogens with zero attached hydrogens (tertiary/aromatic N) is 2. The van der Waals surface area contributed by atoms with E-state index in [4.69, 9.17) is 4.74 Å². The van der Waals surface area contributed by atoms with E-state index in [9.17, 15) is 14.7 Å². The van der Waals surface area contributed by atoms with Gasteiger partial charge in [-0.05, 0) is 61.3 Å². The van der Waals surface area contributed by atoms with Gasteiger partial charge >= 0.3 is 0 Å². The molecule has 2 atom stereocenters. The van der Waals surface area contributed by atoms with E-state index in [2.05, 4.69) is 31.6 Å². The Balaban J connectivity index is 1.45. The van der Waals surface area contributed by atoms with E-state index in [1.807, 2.05) is 60.7 Å². The Morgan fingerprint density at radius 3 is 2.24 bits per heavy atom. The maximum atomic E-state index is 13.4. The van der Waals surface area contributed by atoms with Crippen LogP contribution in [0.25, 0.3) is 0 Å². The first-order valence-electron chi connectivity index (χ1n) is 14.2. The van der Waals surface area contributed by atoms with Crippen LogP contribution in [0.3, 0.4) is 0 Å². The molecule has 0 aliphatic carbocycles. The number of carbonyl (C=O) groups is 2. The van der Waals surface area contributed by atoms with Crippen molar-refractivity contribution in [3.8, 4) is 0 Å². The molecule has 2 amide bonds. The number of rotatable bonds is 14. The minimum absolute atomic E-state index is 0.0159. The molecule has 0 radical (unpaired) electrons. The minimum Gasteiger partial charge on any atom is -0.388 e. The number of hydrazine groups is 1. The van der Waals surface area contributed by atoms with Gasteiger partial charge in [-0.2, -0.15) is 0 Å². The summed E-state index contributed by atoms with van der Waals surface area (Å²) in [5.41, 5.74) is 5.24. The maximum absolute atomic E-state index is 13.4. The molecule has 0 aromatic heterocycles. The van der Waals surface area contributed by atoms with Crippen molar-refractivity contribution < 1.29 is 19.4 Å². The number of piperidine rings is 1. The van der Waals surface area contributed by atoms with E-state index in [-0.39, 0.29) is 25.0 Å². The number of amides is 2. The molecule has 1 fully saturated rings. The summed E-state index contributed by atoms with van der Waals surface area (Å²) in [6.07, 6.45) is 1.27. The quantitative estimate of drug-likeness (QED) is 0.234. The third-order valence-corrected chi connectivity index (χ3v) is 7.57. The van der Waals surface area contributed by atoms with Gasteiger partial charge in [0.1, 0.15) is 6.10 Å². The van der Waals surface area contributed by atoms with Gasteiger partial charge in [0.15, 0.2) is 6.10 Å². The van der Waals surface area contributed by atoms with Crippen molar-refractivity contribution in [2.45, 2.75) is 44.6 Å². The standard InChI is InChI=1S/C32H39BrN4O4/c33-28-16-14-26(15-17-28)24-41-30(32(40)34-18-21-36-19-8-3-9-20-36)29(38)23-37(22-25-10-4-1-5-11-25)35-31(39)27-12-6-2-7-13-27/h1-2,4-7,10-17,29-30,38H,3,8-9,18-24H2,(H,34,40)(H,35,39)/t29-,30+/m0/s1. The Bertz CT molecular complexity index is 1210. The Morgan fingerprint density at radius 2 is 1.56 bits per heavy atom. The molecule has 0 unspecified atom stereocenters. The van der Waals surface area contributed by atoms with Crippen molar-refractivity contribution in [3.05, 3.63) is 106 Å². The van der Waals surface area contributed by atoms with E-state index >= 15 is 0 Å². The first kappa shape index (κ1) is 30.9. The minimum atomic E-state index is -1.21. The second kappa shape index (κ2) is 16.4. The molecule has 0 spiro atoms. The molecule has 1 aliphatic heterocycles. The summed E-state index contributed by atoms with van der Waals surface area (Å²) >= 11 is 3.43. The number of ether oxygens (including phenoxy) is 1. The van der Waals surface area contributed by atoms with Crippen LogP contribution in [0.1, 0.15) is 40.7 Å². The highest BCUT2D eigenvalue weighted by Crippen LogP contribution is 2.14. The lowest BCUT2D eigenvalue weighted by Crippen LogP contribution is -2.53. The molecule has 0 saturated carbocycles. The number of aliphatic hydroxyl groups excluding tert-OH is 1. The van der Waals surface area contributed by atoms with E-state index < -0.39 is 12.2 Å². The second-order valence-corrected chi connectivity index (χ2v) is 11.2. The third kappa shape index (κ3) is 10.4. The number of halogens is 1. The van der Waals surface area contributed by atoms with Gasteiger partial charge in [0, 0.05) is 36.2 Å². The zero-order chi connectivity index (χ0) is 28.9. The van der Waals surface area contributed by atoms with Crippen LogP contribution in [0, 0.1) is 0 Å². The molecule has 3 N–H and O–H groups in total. The van der Waals surface area contributed by atoms with Crippen molar-refractivity contribution in [1.82, 2.24) is 20.7 Å². The molecule has 3 aromatic rings. The number of carbonyl (C=O) groups excluding carboxylic acids is 2. The van der Waals surface area contributed by atoms with Crippen molar-refractivity contribution in [2.75, 3.05) is 32.7 Å². The fourth-order valence-corrected chi connectivity index (χ4v) is 5.09. The number of likely N-dealkylation sites (tertiary alicyclic amines) is 1. The molecule has 0 bridgehead atoms. The lowest BCUT2D eigenvalue weighted by atomic mass is 10.1. The molecule has 41 heavy (non-hydrogen) atoms. The van der Waals surface area contributed by atoms with E-state index in [1.54, 1.807) is 29.3 Å². The van der Waals surface area contributed by atoms with Crippen LogP contribution >= 0.6 is 15.9 Å². The Labute approximate surface area is 250 Å². The van der Waals surface area contributed by atoms with Gasteiger partial charge in [-0.3, -0.25) is 15.0 Å². The summed E-state index contributed by atoms with van der Waals surface area (Å²) < 4.78 is 6.99. The largest absolute Gasteiger partial charge is 0.388 e. The van der Waals surface area contributed by atoms with Crippen molar-refractivity contribution in [2.24, 2.45) is 0 Å². The molecule has 9 heteroatoms. The first-order valence-corrected chi connectivity index (χ1v) is 15.0. The van der Waals surface area contributed by atoms with Crippen molar-refractivity contribution >= 4 is 27.7 Å². The predicted molar refractivity (Wildman–Crippen MR) is 163 cm³/mol. The Hall–Kier alpha value is -3.08. The molecule has 218 valence electrons. The van der Waals surface area contributed by atoms with Gasteiger partial charge in [0.2, 0.25) is 0 Å². The normalized spacial score (nSPS) is 15.3. The number of hydrogen-bond acceptors (Lipinski definition) is 6. The summed E-state index contributed by atoms with van der Waals surface area (Å²) in [5, 5.41) is 16.0. The first-order chi connectivity index (χ1) is 20.0. The molecule has 3 aromatic carbocycles. The zero-order valence-electron chi connectivity index (χ0n) is 23.3. The summed E-state index contributed by atoms with van der Waals surface area (Å²) in [6, 6.07) is 26.2. The van der Waals surface area contributed by atoms with Crippen LogP contribution in [0.2, 0.25) is 0 Å². The fourth-order valence-electron chi connectivity index (χ4n) is 4.82. The molecule has 1 saturated heterocycles. The molecule has 4 rings (SSSR count). The molecule has 1 aliphatic rings.